The third kappa shape index (κ3) is 3.41. The molecule has 0 atom stereocenters. The molecule has 0 amide bonds. The lowest BCUT2D eigenvalue weighted by Crippen LogP contribution is -2.02. The number of aliphatic hydroxyl groups excluding tert-OH is 1. The predicted molar refractivity (Wildman–Crippen MR) is 93.7 cm³/mol. The Morgan fingerprint density at radius 2 is 2.09 bits per heavy atom. The molecule has 5 nitrogen and oxygen atoms in total. The first-order valence-electron chi connectivity index (χ1n) is 7.21. The molecule has 0 unspecified atom stereocenters. The minimum atomic E-state index is 0.174. The third-order valence-corrected chi connectivity index (χ3v) is 5.12. The number of hydrogen-bond donors (Lipinski definition) is 1. The molecule has 120 valence electrons. The summed E-state index contributed by atoms with van der Waals surface area (Å²) in [5.74, 6) is 2.36. The Hall–Kier alpha value is -1.83. The minimum Gasteiger partial charge on any atom is -0.495 e. The summed E-state index contributed by atoms with van der Waals surface area (Å²) in [5, 5.41) is 20.5. The second-order valence-corrected chi connectivity index (χ2v) is 6.73. The van der Waals surface area contributed by atoms with E-state index >= 15 is 0 Å². The number of nitrogens with zero attached hydrogens (tertiary/aromatic N) is 3. The van der Waals surface area contributed by atoms with Crippen molar-refractivity contribution in [2.45, 2.75) is 11.6 Å². The van der Waals surface area contributed by atoms with E-state index in [9.17, 15) is 0 Å². The average Bonchev–Trinajstić information content (AvgIpc) is 3.24. The first-order chi connectivity index (χ1) is 11.3. The first-order valence-corrected chi connectivity index (χ1v) is 9.08. The number of methoxy groups -OCH3 is 1. The van der Waals surface area contributed by atoms with Gasteiger partial charge in [-0.3, -0.25) is 4.57 Å². The molecule has 0 bridgehead atoms. The van der Waals surface area contributed by atoms with Crippen LogP contribution in [0.4, 0.5) is 0 Å². The van der Waals surface area contributed by atoms with Crippen LogP contribution in [0.2, 0.25) is 0 Å². The maximum Gasteiger partial charge on any atom is 0.196 e. The lowest BCUT2D eigenvalue weighted by Gasteiger charge is -2.13. The quantitative estimate of drug-likeness (QED) is 0.524. The molecule has 1 aromatic carbocycles. The van der Waals surface area contributed by atoms with Crippen molar-refractivity contribution >= 4 is 23.1 Å². The number of thioether (sulfide) groups is 1. The molecular formula is C16H17N3O2S2. The Morgan fingerprint density at radius 1 is 1.22 bits per heavy atom. The number of rotatable bonds is 7. The Balaban J connectivity index is 2.09. The van der Waals surface area contributed by atoms with Gasteiger partial charge < -0.3 is 9.84 Å². The van der Waals surface area contributed by atoms with Crippen molar-refractivity contribution in [1.82, 2.24) is 14.8 Å². The zero-order chi connectivity index (χ0) is 16.1. The number of thiophene rings is 1. The highest BCUT2D eigenvalue weighted by Crippen LogP contribution is 2.34. The lowest BCUT2D eigenvalue weighted by molar-refractivity contribution is 0.296. The zero-order valence-corrected chi connectivity index (χ0v) is 14.3. The highest BCUT2D eigenvalue weighted by atomic mass is 32.2. The molecule has 0 fully saturated rings. The Morgan fingerprint density at radius 3 is 2.83 bits per heavy atom. The molecule has 7 heteroatoms. The summed E-state index contributed by atoms with van der Waals surface area (Å²) < 4.78 is 7.52. The van der Waals surface area contributed by atoms with Gasteiger partial charge in [-0.05, 0) is 30.0 Å². The molecule has 2 heterocycles. The summed E-state index contributed by atoms with van der Waals surface area (Å²) >= 11 is 3.21. The largest absolute Gasteiger partial charge is 0.495 e. The van der Waals surface area contributed by atoms with E-state index in [-0.39, 0.29) is 6.61 Å². The van der Waals surface area contributed by atoms with Gasteiger partial charge in [0.1, 0.15) is 5.75 Å². The molecule has 0 aliphatic rings. The van der Waals surface area contributed by atoms with Crippen LogP contribution in [0.1, 0.15) is 6.42 Å². The smallest absolute Gasteiger partial charge is 0.196 e. The van der Waals surface area contributed by atoms with Gasteiger partial charge in [0.2, 0.25) is 0 Å². The molecule has 1 N–H and O–H groups in total. The summed E-state index contributed by atoms with van der Waals surface area (Å²) in [6.07, 6.45) is 0.720. The fourth-order valence-electron chi connectivity index (χ4n) is 2.19. The normalized spacial score (nSPS) is 10.9. The third-order valence-electron chi connectivity index (χ3n) is 3.23. The second-order valence-electron chi connectivity index (χ2n) is 4.72. The number of ether oxygens (including phenoxy) is 1. The number of aliphatic hydroxyl groups is 1. The van der Waals surface area contributed by atoms with Gasteiger partial charge in [-0.1, -0.05) is 30.0 Å². The van der Waals surface area contributed by atoms with Crippen LogP contribution in [0.15, 0.2) is 46.9 Å². The fraction of sp³-hybridized carbons (Fsp3) is 0.250. The summed E-state index contributed by atoms with van der Waals surface area (Å²) in [6.45, 7) is 0.174. The van der Waals surface area contributed by atoms with E-state index in [1.807, 2.05) is 46.3 Å². The van der Waals surface area contributed by atoms with Gasteiger partial charge in [0.15, 0.2) is 11.0 Å². The summed E-state index contributed by atoms with van der Waals surface area (Å²) in [4.78, 5) is 1.05. The van der Waals surface area contributed by atoms with Gasteiger partial charge in [-0.15, -0.1) is 21.5 Å². The van der Waals surface area contributed by atoms with E-state index in [0.717, 1.165) is 39.5 Å². The Bertz CT molecular complexity index is 757. The van der Waals surface area contributed by atoms with Gasteiger partial charge >= 0.3 is 0 Å². The predicted octanol–water partition coefficient (Wildman–Crippen LogP) is 3.48. The van der Waals surface area contributed by atoms with Crippen LogP contribution in [0, 0.1) is 0 Å². The molecule has 0 aliphatic heterocycles. The monoisotopic (exact) mass is 347 g/mol. The lowest BCUT2D eigenvalue weighted by atomic mass is 10.3. The molecule has 0 saturated heterocycles. The van der Waals surface area contributed by atoms with Crippen LogP contribution in [0.5, 0.6) is 5.75 Å². The topological polar surface area (TPSA) is 60.2 Å². The highest BCUT2D eigenvalue weighted by Gasteiger charge is 2.19. The van der Waals surface area contributed by atoms with E-state index in [1.54, 1.807) is 30.2 Å². The molecule has 0 spiro atoms. The maximum atomic E-state index is 8.99. The van der Waals surface area contributed by atoms with E-state index in [0.29, 0.717) is 0 Å². The van der Waals surface area contributed by atoms with Crippen molar-refractivity contribution in [3.05, 3.63) is 41.8 Å². The highest BCUT2D eigenvalue weighted by molar-refractivity contribution is 7.99. The van der Waals surface area contributed by atoms with Gasteiger partial charge in [-0.25, -0.2) is 0 Å². The van der Waals surface area contributed by atoms with Gasteiger partial charge in [0.05, 0.1) is 17.7 Å². The minimum absolute atomic E-state index is 0.174. The van der Waals surface area contributed by atoms with Crippen molar-refractivity contribution in [2.75, 3.05) is 19.5 Å². The molecule has 0 saturated carbocycles. The van der Waals surface area contributed by atoms with Crippen LogP contribution in [-0.4, -0.2) is 39.3 Å². The maximum absolute atomic E-state index is 8.99. The van der Waals surface area contributed by atoms with Crippen molar-refractivity contribution in [2.24, 2.45) is 0 Å². The van der Waals surface area contributed by atoms with Crippen LogP contribution < -0.4 is 4.74 Å². The molecule has 2 aromatic heterocycles. The second kappa shape index (κ2) is 7.63. The number of hydrogen-bond acceptors (Lipinski definition) is 6. The van der Waals surface area contributed by atoms with E-state index in [1.165, 1.54) is 0 Å². The molecule has 0 aliphatic carbocycles. The number of aromatic nitrogens is 3. The SMILES string of the molecule is COc1ccccc1-n1c(SCCCO)nnc1-c1cccs1. The van der Waals surface area contributed by atoms with Gasteiger partial charge in [0, 0.05) is 12.4 Å². The van der Waals surface area contributed by atoms with E-state index in [4.69, 9.17) is 9.84 Å². The van der Waals surface area contributed by atoms with Crippen LogP contribution in [-0.2, 0) is 0 Å². The van der Waals surface area contributed by atoms with Crippen LogP contribution in [0.3, 0.4) is 0 Å². The standard InChI is InChI=1S/C16H17N3O2S2/c1-21-13-7-3-2-6-12(13)19-15(14-8-4-10-22-14)17-18-16(19)23-11-5-9-20/h2-4,6-8,10,20H,5,9,11H2,1H3. The molecule has 23 heavy (non-hydrogen) atoms. The summed E-state index contributed by atoms with van der Waals surface area (Å²) in [5.41, 5.74) is 0.912. The number of benzene rings is 1. The van der Waals surface area contributed by atoms with Gasteiger partial charge in [0.25, 0.3) is 0 Å². The summed E-state index contributed by atoms with van der Waals surface area (Å²) in [6, 6.07) is 11.9. The van der Waals surface area contributed by atoms with Crippen molar-refractivity contribution in [1.29, 1.82) is 0 Å². The van der Waals surface area contributed by atoms with E-state index < -0.39 is 0 Å². The molecule has 3 rings (SSSR count). The Kier molecular flexibility index (Phi) is 5.32. The fourth-order valence-corrected chi connectivity index (χ4v) is 3.76. The summed E-state index contributed by atoms with van der Waals surface area (Å²) in [7, 11) is 1.66. The zero-order valence-electron chi connectivity index (χ0n) is 12.7. The first kappa shape index (κ1) is 16.0. The van der Waals surface area contributed by atoms with Crippen molar-refractivity contribution in [3.63, 3.8) is 0 Å². The van der Waals surface area contributed by atoms with E-state index in [2.05, 4.69) is 10.2 Å². The van der Waals surface area contributed by atoms with Crippen LogP contribution >= 0.6 is 23.1 Å². The molecule has 3 aromatic rings. The van der Waals surface area contributed by atoms with Crippen LogP contribution in [0.25, 0.3) is 16.4 Å². The average molecular weight is 347 g/mol. The molecular weight excluding hydrogens is 330 g/mol. The Labute approximate surface area is 143 Å². The van der Waals surface area contributed by atoms with Crippen molar-refractivity contribution in [3.8, 4) is 22.1 Å². The number of para-hydroxylation sites is 2. The molecule has 0 radical (unpaired) electrons. The van der Waals surface area contributed by atoms with Crippen molar-refractivity contribution < 1.29 is 9.84 Å². The van der Waals surface area contributed by atoms with Gasteiger partial charge in [-0.2, -0.15) is 0 Å².